The van der Waals surface area contributed by atoms with Crippen LogP contribution in [0.1, 0.15) is 30.1 Å². The molecule has 1 aromatic heterocycles. The lowest BCUT2D eigenvalue weighted by atomic mass is 10.2. The second-order valence-electron chi connectivity index (χ2n) is 5.11. The minimum Gasteiger partial charge on any atom is -0.329 e. The molecule has 106 valence electrons. The second kappa shape index (κ2) is 5.38. The zero-order valence-corrected chi connectivity index (χ0v) is 11.7. The molecule has 1 heterocycles. The van der Waals surface area contributed by atoms with Gasteiger partial charge in [0, 0.05) is 24.7 Å². The van der Waals surface area contributed by atoms with Crippen LogP contribution in [0.15, 0.2) is 30.3 Å². The molecule has 0 unspecified atom stereocenters. The van der Waals surface area contributed by atoms with E-state index in [0.29, 0.717) is 17.3 Å². The fraction of sp³-hybridized carbons (Fsp3) is 0.267. The van der Waals surface area contributed by atoms with E-state index in [1.807, 2.05) is 30.1 Å². The number of hydrogen-bond donors (Lipinski definition) is 2. The molecule has 1 aliphatic carbocycles. The zero-order chi connectivity index (χ0) is 14.8. The summed E-state index contributed by atoms with van der Waals surface area (Å²) >= 11 is 0. The van der Waals surface area contributed by atoms with Crippen molar-refractivity contribution in [1.29, 1.82) is 5.26 Å². The van der Waals surface area contributed by atoms with Crippen molar-refractivity contribution in [3.05, 3.63) is 41.7 Å². The Kier molecular flexibility index (Phi) is 3.42. The van der Waals surface area contributed by atoms with E-state index in [-0.39, 0.29) is 0 Å². The minimum absolute atomic E-state index is 0.450. The van der Waals surface area contributed by atoms with Gasteiger partial charge in [-0.1, -0.05) is 0 Å². The first-order valence-electron chi connectivity index (χ1n) is 6.81. The number of nitrogen functional groups attached to an aromatic ring is 1. The Bertz CT molecular complexity index is 684. The molecule has 0 spiro atoms. The van der Waals surface area contributed by atoms with Crippen molar-refractivity contribution in [3.8, 4) is 6.07 Å². The summed E-state index contributed by atoms with van der Waals surface area (Å²) in [5, 5.41) is 8.85. The highest BCUT2D eigenvalue weighted by molar-refractivity contribution is 5.62. The number of nitrogens with one attached hydrogen (secondary N) is 1. The summed E-state index contributed by atoms with van der Waals surface area (Å²) in [6, 6.07) is 11.3. The van der Waals surface area contributed by atoms with Crippen LogP contribution in [0.3, 0.4) is 0 Å². The highest BCUT2D eigenvalue weighted by Crippen LogP contribution is 2.39. The maximum atomic E-state index is 8.85. The fourth-order valence-electron chi connectivity index (χ4n) is 2.11. The summed E-state index contributed by atoms with van der Waals surface area (Å²) in [7, 11) is 1.93. The molecule has 1 fully saturated rings. The van der Waals surface area contributed by atoms with Gasteiger partial charge in [-0.15, -0.1) is 0 Å². The molecule has 3 N–H and O–H groups in total. The van der Waals surface area contributed by atoms with Crippen LogP contribution in [0, 0.1) is 11.3 Å². The van der Waals surface area contributed by atoms with Crippen LogP contribution in [-0.2, 0) is 0 Å². The molecular weight excluding hydrogens is 264 g/mol. The average molecular weight is 280 g/mol. The molecule has 1 aromatic carbocycles. The monoisotopic (exact) mass is 280 g/mol. The lowest BCUT2D eigenvalue weighted by Crippen LogP contribution is -2.16. The van der Waals surface area contributed by atoms with Crippen molar-refractivity contribution >= 4 is 17.3 Å². The molecule has 21 heavy (non-hydrogen) atoms. The predicted octanol–water partition coefficient (Wildman–Crippen LogP) is 2.28. The van der Waals surface area contributed by atoms with Crippen LogP contribution in [0.4, 0.5) is 17.3 Å². The van der Waals surface area contributed by atoms with E-state index in [0.717, 1.165) is 30.2 Å². The second-order valence-corrected chi connectivity index (χ2v) is 5.11. The van der Waals surface area contributed by atoms with E-state index in [9.17, 15) is 0 Å². The lowest BCUT2D eigenvalue weighted by molar-refractivity contribution is 0.913. The Labute approximate surface area is 123 Å². The number of rotatable bonds is 4. The summed E-state index contributed by atoms with van der Waals surface area (Å²) in [5.74, 6) is 8.17. The first-order chi connectivity index (χ1) is 10.2. The molecule has 1 saturated carbocycles. The van der Waals surface area contributed by atoms with Gasteiger partial charge in [0.1, 0.15) is 17.5 Å². The Morgan fingerprint density at radius 1 is 1.29 bits per heavy atom. The summed E-state index contributed by atoms with van der Waals surface area (Å²) in [4.78, 5) is 11.0. The van der Waals surface area contributed by atoms with Gasteiger partial charge in [0.2, 0.25) is 0 Å². The third-order valence-corrected chi connectivity index (χ3v) is 3.55. The molecule has 0 saturated heterocycles. The molecule has 0 aliphatic heterocycles. The maximum Gasteiger partial charge on any atom is 0.145 e. The van der Waals surface area contributed by atoms with Gasteiger partial charge >= 0.3 is 0 Å². The van der Waals surface area contributed by atoms with E-state index in [4.69, 9.17) is 11.1 Å². The third-order valence-electron chi connectivity index (χ3n) is 3.55. The number of nitriles is 1. The van der Waals surface area contributed by atoms with Gasteiger partial charge in [0.15, 0.2) is 0 Å². The van der Waals surface area contributed by atoms with Gasteiger partial charge in [-0.05, 0) is 37.1 Å². The minimum atomic E-state index is 0.450. The van der Waals surface area contributed by atoms with Crippen LogP contribution >= 0.6 is 0 Å². The smallest absolute Gasteiger partial charge is 0.145 e. The molecule has 1 aliphatic rings. The van der Waals surface area contributed by atoms with Crippen molar-refractivity contribution in [2.75, 3.05) is 17.4 Å². The largest absolute Gasteiger partial charge is 0.329 e. The number of anilines is 3. The van der Waals surface area contributed by atoms with Crippen molar-refractivity contribution in [3.63, 3.8) is 0 Å². The summed E-state index contributed by atoms with van der Waals surface area (Å²) < 4.78 is 0. The fourth-order valence-corrected chi connectivity index (χ4v) is 2.11. The Morgan fingerprint density at radius 2 is 2.00 bits per heavy atom. The van der Waals surface area contributed by atoms with Crippen molar-refractivity contribution in [1.82, 2.24) is 9.97 Å². The quantitative estimate of drug-likeness (QED) is 0.659. The molecule has 3 rings (SSSR count). The van der Waals surface area contributed by atoms with Gasteiger partial charge in [-0.25, -0.2) is 15.8 Å². The normalized spacial score (nSPS) is 13.6. The van der Waals surface area contributed by atoms with E-state index in [1.165, 1.54) is 0 Å². The Balaban J connectivity index is 1.94. The topological polar surface area (TPSA) is 90.9 Å². The number of benzene rings is 1. The van der Waals surface area contributed by atoms with E-state index >= 15 is 0 Å². The number of nitrogens with two attached hydrogens (primary N) is 1. The third kappa shape index (κ3) is 2.78. The summed E-state index contributed by atoms with van der Waals surface area (Å²) in [6.45, 7) is 0. The van der Waals surface area contributed by atoms with E-state index < -0.39 is 0 Å². The lowest BCUT2D eigenvalue weighted by Gasteiger charge is -2.19. The van der Waals surface area contributed by atoms with Crippen LogP contribution < -0.4 is 16.2 Å². The van der Waals surface area contributed by atoms with Crippen LogP contribution in [-0.4, -0.2) is 17.0 Å². The van der Waals surface area contributed by atoms with E-state index in [2.05, 4.69) is 21.5 Å². The zero-order valence-electron chi connectivity index (χ0n) is 11.7. The standard InChI is InChI=1S/C15H16N6/c1-21(12-6-2-10(9-16)3-7-12)14-8-13(20-17)18-15(19-14)11-4-5-11/h2-3,6-8,11H,4-5,17H2,1H3,(H,18,19,20). The van der Waals surface area contributed by atoms with Crippen molar-refractivity contribution in [2.24, 2.45) is 5.84 Å². The van der Waals surface area contributed by atoms with Crippen LogP contribution in [0.25, 0.3) is 0 Å². The van der Waals surface area contributed by atoms with Gasteiger partial charge in [-0.2, -0.15) is 5.26 Å². The SMILES string of the molecule is CN(c1ccc(C#N)cc1)c1cc(NN)nc(C2CC2)n1. The molecule has 2 aromatic rings. The van der Waals surface area contributed by atoms with Crippen molar-refractivity contribution < 1.29 is 0 Å². The number of hydrazine groups is 1. The molecule has 0 radical (unpaired) electrons. The molecule has 0 bridgehead atoms. The predicted molar refractivity (Wildman–Crippen MR) is 81.0 cm³/mol. The van der Waals surface area contributed by atoms with Crippen LogP contribution in [0.5, 0.6) is 0 Å². The van der Waals surface area contributed by atoms with Crippen molar-refractivity contribution in [2.45, 2.75) is 18.8 Å². The number of nitrogens with zero attached hydrogens (tertiary/aromatic N) is 4. The molecule has 0 atom stereocenters. The molecule has 0 amide bonds. The average Bonchev–Trinajstić information content (AvgIpc) is 3.38. The molecule has 6 nitrogen and oxygen atoms in total. The van der Waals surface area contributed by atoms with Gasteiger partial charge in [0.05, 0.1) is 11.6 Å². The maximum absolute atomic E-state index is 8.85. The first kappa shape index (κ1) is 13.3. The molecular formula is C15H16N6. The summed E-state index contributed by atoms with van der Waals surface area (Å²) in [6.07, 6.45) is 2.27. The Morgan fingerprint density at radius 3 is 2.57 bits per heavy atom. The van der Waals surface area contributed by atoms with E-state index in [1.54, 1.807) is 12.1 Å². The Hall–Kier alpha value is -2.65. The molecule has 6 heteroatoms. The number of hydrogen-bond acceptors (Lipinski definition) is 6. The van der Waals surface area contributed by atoms with Crippen LogP contribution in [0.2, 0.25) is 0 Å². The van der Waals surface area contributed by atoms with Gasteiger partial charge in [-0.3, -0.25) is 0 Å². The summed E-state index contributed by atoms with van der Waals surface area (Å²) in [5.41, 5.74) is 4.19. The van der Waals surface area contributed by atoms with Gasteiger partial charge in [0.25, 0.3) is 0 Å². The highest BCUT2D eigenvalue weighted by Gasteiger charge is 2.27. The number of aromatic nitrogens is 2. The van der Waals surface area contributed by atoms with Gasteiger partial charge < -0.3 is 10.3 Å². The highest BCUT2D eigenvalue weighted by atomic mass is 15.3. The first-order valence-corrected chi connectivity index (χ1v) is 6.81.